The molecule has 6 heteroatoms. The molecule has 0 N–H and O–H groups in total. The second kappa shape index (κ2) is 5.53. The van der Waals surface area contributed by atoms with Crippen LogP contribution in [-0.4, -0.2) is 14.7 Å². The van der Waals surface area contributed by atoms with Crippen LogP contribution in [0.25, 0.3) is 0 Å². The van der Waals surface area contributed by atoms with Crippen LogP contribution in [0, 0.1) is 11.3 Å². The summed E-state index contributed by atoms with van der Waals surface area (Å²) in [6.45, 7) is 0. The molecule has 2 rings (SSSR count). The molecule has 0 spiro atoms. The van der Waals surface area contributed by atoms with Crippen molar-refractivity contribution in [2.45, 2.75) is 4.90 Å². The van der Waals surface area contributed by atoms with Crippen molar-refractivity contribution in [3.63, 3.8) is 0 Å². The van der Waals surface area contributed by atoms with Crippen molar-refractivity contribution >= 4 is 21.4 Å². The second-order valence-electron chi connectivity index (χ2n) is 4.07. The van der Waals surface area contributed by atoms with E-state index in [0.29, 0.717) is 10.8 Å². The third-order valence-electron chi connectivity index (χ3n) is 2.56. The Bertz CT molecular complexity index is 794. The van der Waals surface area contributed by atoms with Crippen LogP contribution in [0.1, 0.15) is 5.56 Å². The first kappa shape index (κ1) is 14.4. The maximum atomic E-state index is 11.5. The Morgan fingerprint density at radius 1 is 1.15 bits per heavy atom. The molecule has 102 valence electrons. The van der Waals surface area contributed by atoms with Crippen LogP contribution in [0.4, 0.5) is 0 Å². The van der Waals surface area contributed by atoms with Gasteiger partial charge in [-0.3, -0.25) is 0 Å². The molecule has 0 bridgehead atoms. The highest BCUT2D eigenvalue weighted by molar-refractivity contribution is 7.90. The molecule has 0 aliphatic carbocycles. The maximum Gasteiger partial charge on any atom is 0.175 e. The molecule has 0 unspecified atom stereocenters. The lowest BCUT2D eigenvalue weighted by atomic mass is 10.2. The average Bonchev–Trinajstić information content (AvgIpc) is 2.40. The zero-order valence-electron chi connectivity index (χ0n) is 10.5. The number of sulfone groups is 1. The monoisotopic (exact) mass is 307 g/mol. The van der Waals surface area contributed by atoms with E-state index in [4.69, 9.17) is 21.6 Å². The molecule has 0 amide bonds. The average molecular weight is 308 g/mol. The third kappa shape index (κ3) is 3.10. The molecule has 0 atom stereocenters. The van der Waals surface area contributed by atoms with Crippen molar-refractivity contribution in [3.05, 3.63) is 53.1 Å². The molecule has 0 aromatic heterocycles. The molecule has 0 saturated heterocycles. The van der Waals surface area contributed by atoms with Crippen LogP contribution in [0.15, 0.2) is 47.4 Å². The summed E-state index contributed by atoms with van der Waals surface area (Å²) < 4.78 is 28.5. The summed E-state index contributed by atoms with van der Waals surface area (Å²) in [5.74, 6) is 0.658. The zero-order valence-corrected chi connectivity index (χ0v) is 12.1. The van der Waals surface area contributed by atoms with Gasteiger partial charge in [0, 0.05) is 6.26 Å². The molecular weight excluding hydrogens is 298 g/mol. The first-order valence-electron chi connectivity index (χ1n) is 5.58. The van der Waals surface area contributed by atoms with Crippen molar-refractivity contribution in [1.82, 2.24) is 0 Å². The van der Waals surface area contributed by atoms with Gasteiger partial charge in [-0.05, 0) is 30.3 Å². The van der Waals surface area contributed by atoms with E-state index >= 15 is 0 Å². The van der Waals surface area contributed by atoms with E-state index < -0.39 is 9.84 Å². The number of nitriles is 1. The number of hydrogen-bond acceptors (Lipinski definition) is 4. The van der Waals surface area contributed by atoms with E-state index in [1.807, 2.05) is 6.07 Å². The molecular formula is C14H10ClNO3S. The van der Waals surface area contributed by atoms with Crippen LogP contribution in [0.5, 0.6) is 11.5 Å². The standard InChI is InChI=1S/C14H10ClNO3S/c1-20(17,18)11-6-7-13(10(8-11)9-16)19-14-5-3-2-4-12(14)15/h2-8H,1H3. The van der Waals surface area contributed by atoms with Gasteiger partial charge in [0.15, 0.2) is 9.84 Å². The zero-order chi connectivity index (χ0) is 14.8. The quantitative estimate of drug-likeness (QED) is 0.871. The van der Waals surface area contributed by atoms with Gasteiger partial charge in [-0.15, -0.1) is 0 Å². The Kier molecular flexibility index (Phi) is 3.98. The molecule has 20 heavy (non-hydrogen) atoms. The van der Waals surface area contributed by atoms with Gasteiger partial charge in [0.25, 0.3) is 0 Å². The van der Waals surface area contributed by atoms with Crippen molar-refractivity contribution in [2.24, 2.45) is 0 Å². The molecule has 2 aromatic rings. The normalized spacial score (nSPS) is 10.8. The van der Waals surface area contributed by atoms with E-state index in [-0.39, 0.29) is 16.2 Å². The lowest BCUT2D eigenvalue weighted by Gasteiger charge is -2.09. The topological polar surface area (TPSA) is 67.2 Å². The third-order valence-corrected chi connectivity index (χ3v) is 3.98. The minimum Gasteiger partial charge on any atom is -0.454 e. The summed E-state index contributed by atoms with van der Waals surface area (Å²) >= 11 is 5.97. The fourth-order valence-electron chi connectivity index (χ4n) is 1.56. The summed E-state index contributed by atoms with van der Waals surface area (Å²) in [6, 6.07) is 12.9. The van der Waals surface area contributed by atoms with Gasteiger partial charge in [-0.1, -0.05) is 23.7 Å². The van der Waals surface area contributed by atoms with Crippen LogP contribution in [0.2, 0.25) is 5.02 Å². The van der Waals surface area contributed by atoms with E-state index in [0.717, 1.165) is 6.26 Å². The largest absolute Gasteiger partial charge is 0.454 e. The van der Waals surface area contributed by atoms with Crippen molar-refractivity contribution in [1.29, 1.82) is 5.26 Å². The van der Waals surface area contributed by atoms with Gasteiger partial charge in [0.05, 0.1) is 15.5 Å². The van der Waals surface area contributed by atoms with Crippen molar-refractivity contribution < 1.29 is 13.2 Å². The summed E-state index contributed by atoms with van der Waals surface area (Å²) in [4.78, 5) is 0.0700. The van der Waals surface area contributed by atoms with Crippen LogP contribution < -0.4 is 4.74 Å². The molecule has 0 fully saturated rings. The fourth-order valence-corrected chi connectivity index (χ4v) is 2.38. The number of rotatable bonds is 3. The van der Waals surface area contributed by atoms with Gasteiger partial charge in [-0.25, -0.2) is 8.42 Å². The summed E-state index contributed by atoms with van der Waals surface area (Å²) in [7, 11) is -3.37. The number of nitrogens with zero attached hydrogens (tertiary/aromatic N) is 1. The van der Waals surface area contributed by atoms with Gasteiger partial charge < -0.3 is 4.74 Å². The van der Waals surface area contributed by atoms with Gasteiger partial charge in [0.1, 0.15) is 17.6 Å². The smallest absolute Gasteiger partial charge is 0.175 e. The molecule has 0 radical (unpaired) electrons. The highest BCUT2D eigenvalue weighted by Crippen LogP contribution is 2.31. The molecule has 0 saturated carbocycles. The number of benzene rings is 2. The Morgan fingerprint density at radius 2 is 1.85 bits per heavy atom. The van der Waals surface area contributed by atoms with Crippen LogP contribution in [-0.2, 0) is 9.84 Å². The maximum absolute atomic E-state index is 11.5. The van der Waals surface area contributed by atoms with Crippen molar-refractivity contribution in [2.75, 3.05) is 6.26 Å². The Hall–Kier alpha value is -2.03. The number of ether oxygens (including phenoxy) is 1. The minimum atomic E-state index is -3.37. The minimum absolute atomic E-state index is 0.0700. The molecule has 4 nitrogen and oxygen atoms in total. The second-order valence-corrected chi connectivity index (χ2v) is 6.50. The van der Waals surface area contributed by atoms with Crippen LogP contribution in [0.3, 0.4) is 0 Å². The van der Waals surface area contributed by atoms with Crippen molar-refractivity contribution in [3.8, 4) is 17.6 Å². The Morgan fingerprint density at radius 3 is 2.45 bits per heavy atom. The first-order valence-corrected chi connectivity index (χ1v) is 7.85. The lowest BCUT2D eigenvalue weighted by Crippen LogP contribution is -1.98. The molecule has 0 heterocycles. The fraction of sp³-hybridized carbons (Fsp3) is 0.0714. The highest BCUT2D eigenvalue weighted by Gasteiger charge is 2.13. The van der Waals surface area contributed by atoms with E-state index in [2.05, 4.69) is 0 Å². The number of halogens is 1. The first-order chi connectivity index (χ1) is 9.41. The van der Waals surface area contributed by atoms with E-state index in [9.17, 15) is 8.42 Å². The highest BCUT2D eigenvalue weighted by atomic mass is 35.5. The summed E-state index contributed by atoms with van der Waals surface area (Å²) in [5.41, 5.74) is 0.132. The Labute approximate surface area is 122 Å². The van der Waals surface area contributed by atoms with E-state index in [1.165, 1.54) is 18.2 Å². The van der Waals surface area contributed by atoms with Gasteiger partial charge in [0.2, 0.25) is 0 Å². The SMILES string of the molecule is CS(=O)(=O)c1ccc(Oc2ccccc2Cl)c(C#N)c1. The lowest BCUT2D eigenvalue weighted by molar-refractivity contribution is 0.481. The predicted molar refractivity (Wildman–Crippen MR) is 75.8 cm³/mol. The van der Waals surface area contributed by atoms with Gasteiger partial charge >= 0.3 is 0 Å². The number of hydrogen-bond donors (Lipinski definition) is 0. The van der Waals surface area contributed by atoms with Gasteiger partial charge in [-0.2, -0.15) is 5.26 Å². The predicted octanol–water partition coefficient (Wildman–Crippen LogP) is 3.41. The molecule has 0 aliphatic heterocycles. The molecule has 0 aliphatic rings. The summed E-state index contributed by atoms with van der Waals surface area (Å²) in [5, 5.41) is 9.50. The number of para-hydroxylation sites is 1. The Balaban J connectivity index is 2.44. The van der Waals surface area contributed by atoms with Crippen LogP contribution >= 0.6 is 11.6 Å². The van der Waals surface area contributed by atoms with E-state index in [1.54, 1.807) is 24.3 Å². The molecule has 2 aromatic carbocycles. The summed E-state index contributed by atoms with van der Waals surface area (Å²) in [6.07, 6.45) is 1.08.